The van der Waals surface area contributed by atoms with E-state index in [1.165, 1.54) is 24.1 Å². The molecule has 1 aromatic rings. The largest absolute Gasteiger partial charge is 0.478 e. The zero-order valence-corrected chi connectivity index (χ0v) is 12.9. The van der Waals surface area contributed by atoms with Gasteiger partial charge in [0.15, 0.2) is 0 Å². The van der Waals surface area contributed by atoms with E-state index in [4.69, 9.17) is 5.11 Å². The summed E-state index contributed by atoms with van der Waals surface area (Å²) in [7, 11) is -2.95. The number of carbonyl (C=O) groups is 1. The maximum atomic E-state index is 11.0. The summed E-state index contributed by atoms with van der Waals surface area (Å²) in [6.07, 6.45) is 1.70. The Morgan fingerprint density at radius 2 is 2.11 bits per heavy atom. The van der Waals surface area contributed by atoms with Crippen molar-refractivity contribution >= 4 is 43.5 Å². The average molecular weight is 353 g/mol. The molecule has 0 heterocycles. The smallest absolute Gasteiger partial charge is 0.336 e. The molecule has 0 saturated carbocycles. The van der Waals surface area contributed by atoms with Crippen LogP contribution in [0.5, 0.6) is 0 Å². The van der Waals surface area contributed by atoms with Gasteiger partial charge in [-0.05, 0) is 30.4 Å². The second-order valence-electron chi connectivity index (χ2n) is 3.78. The summed E-state index contributed by atoms with van der Waals surface area (Å²) in [6, 6.07) is 4.93. The van der Waals surface area contributed by atoms with Crippen molar-refractivity contribution in [2.45, 2.75) is 11.3 Å². The molecule has 0 atom stereocenters. The van der Waals surface area contributed by atoms with E-state index in [1.807, 2.05) is 0 Å². The van der Waals surface area contributed by atoms with Gasteiger partial charge < -0.3 is 5.11 Å². The van der Waals surface area contributed by atoms with Gasteiger partial charge in [-0.1, -0.05) is 15.9 Å². The fourth-order valence-corrected chi connectivity index (χ4v) is 3.69. The third-order valence-electron chi connectivity index (χ3n) is 2.09. The Bertz CT molecular complexity index is 540. The lowest BCUT2D eigenvalue weighted by molar-refractivity contribution is 0.0693. The van der Waals surface area contributed by atoms with E-state index in [0.717, 1.165) is 4.47 Å². The van der Waals surface area contributed by atoms with E-state index >= 15 is 0 Å². The lowest BCUT2D eigenvalue weighted by atomic mass is 10.2. The molecular weight excluding hydrogens is 340 g/mol. The summed E-state index contributed by atoms with van der Waals surface area (Å²) in [5, 5.41) is 9.02. The summed E-state index contributed by atoms with van der Waals surface area (Å²) < 4.78 is 22.7. The Morgan fingerprint density at radius 1 is 1.44 bits per heavy atom. The molecule has 0 unspecified atom stereocenters. The van der Waals surface area contributed by atoms with Crippen molar-refractivity contribution < 1.29 is 18.3 Å². The molecule has 0 fully saturated rings. The van der Waals surface area contributed by atoms with Gasteiger partial charge in [-0.25, -0.2) is 13.2 Å². The predicted octanol–water partition coefficient (Wildman–Crippen LogP) is 2.67. The van der Waals surface area contributed by atoms with E-state index in [0.29, 0.717) is 17.1 Å². The summed E-state index contributed by atoms with van der Waals surface area (Å²) in [5.41, 5.74) is 0.238. The Labute approximate surface area is 119 Å². The number of benzene rings is 1. The van der Waals surface area contributed by atoms with Crippen LogP contribution in [0.15, 0.2) is 27.6 Å². The van der Waals surface area contributed by atoms with Gasteiger partial charge in [0, 0.05) is 15.6 Å². The first-order valence-corrected chi connectivity index (χ1v) is 8.97. The van der Waals surface area contributed by atoms with Crippen molar-refractivity contribution in [2.24, 2.45) is 0 Å². The first-order chi connectivity index (χ1) is 8.29. The van der Waals surface area contributed by atoms with E-state index in [-0.39, 0.29) is 11.3 Å². The van der Waals surface area contributed by atoms with E-state index in [1.54, 1.807) is 12.1 Å². The van der Waals surface area contributed by atoms with Crippen LogP contribution in [0.3, 0.4) is 0 Å². The van der Waals surface area contributed by atoms with Gasteiger partial charge in [0.1, 0.15) is 9.84 Å². The van der Waals surface area contributed by atoms with E-state index in [2.05, 4.69) is 15.9 Å². The first kappa shape index (κ1) is 15.5. The molecule has 1 N–H and O–H groups in total. The third kappa shape index (κ3) is 5.41. The third-order valence-corrected chi connectivity index (χ3v) is 4.76. The lowest BCUT2D eigenvalue weighted by Gasteiger charge is -2.06. The summed E-state index contributed by atoms with van der Waals surface area (Å²) in [5.74, 6) is -0.284. The number of halogens is 1. The topological polar surface area (TPSA) is 71.4 Å². The number of thioether (sulfide) groups is 1. The molecule has 0 aliphatic heterocycles. The van der Waals surface area contributed by atoms with Crippen molar-refractivity contribution in [3.05, 3.63) is 28.2 Å². The molecule has 1 aromatic carbocycles. The Balaban J connectivity index is 2.66. The first-order valence-electron chi connectivity index (χ1n) is 5.13. The Morgan fingerprint density at radius 3 is 2.67 bits per heavy atom. The number of aromatic carboxylic acids is 1. The van der Waals surface area contributed by atoms with Gasteiger partial charge in [0.25, 0.3) is 0 Å². The van der Waals surface area contributed by atoms with Crippen LogP contribution in [0.1, 0.15) is 16.8 Å². The number of carboxylic acid groups (broad SMARTS) is 1. The molecule has 18 heavy (non-hydrogen) atoms. The number of hydrogen-bond acceptors (Lipinski definition) is 4. The number of hydrogen-bond donors (Lipinski definition) is 1. The van der Waals surface area contributed by atoms with Crippen molar-refractivity contribution in [1.82, 2.24) is 0 Å². The maximum absolute atomic E-state index is 11.0. The minimum Gasteiger partial charge on any atom is -0.478 e. The molecule has 4 nitrogen and oxygen atoms in total. The Hall–Kier alpha value is -0.530. The van der Waals surface area contributed by atoms with Gasteiger partial charge in [-0.2, -0.15) is 0 Å². The second kappa shape index (κ2) is 6.58. The highest BCUT2D eigenvalue weighted by atomic mass is 79.9. The normalized spacial score (nSPS) is 11.4. The molecule has 0 aromatic heterocycles. The van der Waals surface area contributed by atoms with E-state index < -0.39 is 15.8 Å². The fourth-order valence-electron chi connectivity index (χ4n) is 1.30. The molecule has 0 aliphatic rings. The second-order valence-corrected chi connectivity index (χ2v) is 8.09. The monoisotopic (exact) mass is 352 g/mol. The predicted molar refractivity (Wildman–Crippen MR) is 76.2 cm³/mol. The average Bonchev–Trinajstić information content (AvgIpc) is 2.22. The summed E-state index contributed by atoms with van der Waals surface area (Å²) >= 11 is 4.64. The maximum Gasteiger partial charge on any atom is 0.336 e. The van der Waals surface area contributed by atoms with Gasteiger partial charge >= 0.3 is 5.97 Å². The van der Waals surface area contributed by atoms with Crippen LogP contribution in [-0.2, 0) is 9.84 Å². The molecule has 0 amide bonds. The van der Waals surface area contributed by atoms with Crippen LogP contribution in [-0.4, -0.2) is 37.3 Å². The van der Waals surface area contributed by atoms with Gasteiger partial charge in [0.05, 0.1) is 11.3 Å². The fraction of sp³-hybridized carbons (Fsp3) is 0.364. The van der Waals surface area contributed by atoms with Crippen LogP contribution in [0, 0.1) is 0 Å². The highest BCUT2D eigenvalue weighted by Crippen LogP contribution is 2.27. The quantitative estimate of drug-likeness (QED) is 0.629. The molecular formula is C11H13BrO4S2. The minimum atomic E-state index is -2.95. The summed E-state index contributed by atoms with van der Waals surface area (Å²) in [6.45, 7) is 0. The Kier molecular flexibility index (Phi) is 5.68. The van der Waals surface area contributed by atoms with Crippen LogP contribution in [0.4, 0.5) is 0 Å². The molecule has 100 valence electrons. The number of sulfone groups is 1. The molecule has 0 radical (unpaired) electrons. The molecule has 7 heteroatoms. The molecule has 0 saturated heterocycles. The highest BCUT2D eigenvalue weighted by molar-refractivity contribution is 9.10. The number of rotatable bonds is 6. The molecule has 0 bridgehead atoms. The van der Waals surface area contributed by atoms with Crippen molar-refractivity contribution in [3.8, 4) is 0 Å². The van der Waals surface area contributed by atoms with Gasteiger partial charge in [0.2, 0.25) is 0 Å². The van der Waals surface area contributed by atoms with Crippen LogP contribution in [0.25, 0.3) is 0 Å². The number of carboxylic acids is 1. The van der Waals surface area contributed by atoms with Crippen LogP contribution in [0.2, 0.25) is 0 Å². The lowest BCUT2D eigenvalue weighted by Crippen LogP contribution is -2.04. The zero-order valence-electron chi connectivity index (χ0n) is 9.72. The highest BCUT2D eigenvalue weighted by Gasteiger charge is 2.11. The molecule has 0 spiro atoms. The van der Waals surface area contributed by atoms with Crippen LogP contribution >= 0.6 is 27.7 Å². The minimum absolute atomic E-state index is 0.121. The van der Waals surface area contributed by atoms with Crippen LogP contribution < -0.4 is 0 Å². The van der Waals surface area contributed by atoms with Gasteiger partial charge in [-0.3, -0.25) is 0 Å². The standard InChI is InChI=1S/C11H13BrO4S2/c1-18(15,16)6-2-5-17-10-7-8(12)3-4-9(10)11(13)14/h3-4,7H,2,5-6H2,1H3,(H,13,14). The van der Waals surface area contributed by atoms with E-state index in [9.17, 15) is 13.2 Å². The zero-order chi connectivity index (χ0) is 13.8. The van der Waals surface area contributed by atoms with Crippen molar-refractivity contribution in [1.29, 1.82) is 0 Å². The van der Waals surface area contributed by atoms with Crippen molar-refractivity contribution in [3.63, 3.8) is 0 Å². The van der Waals surface area contributed by atoms with Gasteiger partial charge in [-0.15, -0.1) is 11.8 Å². The summed E-state index contributed by atoms with van der Waals surface area (Å²) in [4.78, 5) is 11.6. The molecule has 0 aliphatic carbocycles. The molecule has 1 rings (SSSR count). The SMILES string of the molecule is CS(=O)(=O)CCCSc1cc(Br)ccc1C(=O)O. The van der Waals surface area contributed by atoms with Crippen molar-refractivity contribution in [2.75, 3.05) is 17.8 Å².